The van der Waals surface area contributed by atoms with Crippen LogP contribution in [0.25, 0.3) is 10.6 Å². The van der Waals surface area contributed by atoms with E-state index in [2.05, 4.69) is 10.3 Å². The summed E-state index contributed by atoms with van der Waals surface area (Å²) in [5.74, 6) is -0.227. The van der Waals surface area contributed by atoms with Gasteiger partial charge in [0.05, 0.1) is 5.02 Å². The van der Waals surface area contributed by atoms with Crippen LogP contribution < -0.4 is 11.1 Å². The lowest BCUT2D eigenvalue weighted by Gasteiger charge is -2.23. The highest BCUT2D eigenvalue weighted by molar-refractivity contribution is 7.13. The Balaban J connectivity index is 2.22. The maximum absolute atomic E-state index is 12.1. The van der Waals surface area contributed by atoms with Gasteiger partial charge in [0.1, 0.15) is 10.7 Å². The first-order valence-corrected chi connectivity index (χ1v) is 7.42. The van der Waals surface area contributed by atoms with Gasteiger partial charge in [-0.15, -0.1) is 11.3 Å². The highest BCUT2D eigenvalue weighted by atomic mass is 35.5. The summed E-state index contributed by atoms with van der Waals surface area (Å²) < 4.78 is 0. The third-order valence-electron chi connectivity index (χ3n) is 2.80. The van der Waals surface area contributed by atoms with Gasteiger partial charge in [-0.2, -0.15) is 0 Å². The number of amides is 1. The van der Waals surface area contributed by atoms with Gasteiger partial charge in [0.15, 0.2) is 0 Å². The Labute approximate surface area is 127 Å². The summed E-state index contributed by atoms with van der Waals surface area (Å²) in [4.78, 5) is 16.4. The van der Waals surface area contributed by atoms with E-state index in [4.69, 9.17) is 17.3 Å². The summed E-state index contributed by atoms with van der Waals surface area (Å²) in [5, 5.41) is 5.92. The normalized spacial score (nSPS) is 11.4. The predicted molar refractivity (Wildman–Crippen MR) is 83.2 cm³/mol. The van der Waals surface area contributed by atoms with Crippen LogP contribution >= 0.6 is 22.9 Å². The molecule has 0 atom stereocenters. The van der Waals surface area contributed by atoms with Crippen molar-refractivity contribution in [1.82, 2.24) is 10.3 Å². The highest BCUT2D eigenvalue weighted by Gasteiger charge is 2.21. The van der Waals surface area contributed by atoms with Gasteiger partial charge in [0, 0.05) is 23.0 Å². The van der Waals surface area contributed by atoms with Gasteiger partial charge in [-0.3, -0.25) is 4.79 Å². The van der Waals surface area contributed by atoms with E-state index in [9.17, 15) is 4.79 Å². The molecule has 20 heavy (non-hydrogen) atoms. The van der Waals surface area contributed by atoms with E-state index in [-0.39, 0.29) is 5.91 Å². The van der Waals surface area contributed by atoms with Crippen molar-refractivity contribution in [2.45, 2.75) is 19.4 Å². The van der Waals surface area contributed by atoms with Crippen molar-refractivity contribution in [3.8, 4) is 10.6 Å². The minimum atomic E-state index is -0.453. The zero-order valence-corrected chi connectivity index (χ0v) is 12.9. The van der Waals surface area contributed by atoms with Gasteiger partial charge < -0.3 is 11.1 Å². The first kappa shape index (κ1) is 15.0. The summed E-state index contributed by atoms with van der Waals surface area (Å²) in [6, 6.07) is 7.43. The Hall–Kier alpha value is -1.43. The molecule has 0 saturated carbocycles. The molecule has 2 rings (SSSR count). The van der Waals surface area contributed by atoms with Crippen molar-refractivity contribution in [1.29, 1.82) is 0 Å². The Bertz CT molecular complexity index is 624. The Kier molecular flexibility index (Phi) is 4.42. The number of halogens is 1. The first-order chi connectivity index (χ1) is 9.43. The number of hydrogen-bond donors (Lipinski definition) is 2. The topological polar surface area (TPSA) is 68.0 Å². The fourth-order valence-electron chi connectivity index (χ4n) is 1.56. The summed E-state index contributed by atoms with van der Waals surface area (Å²) in [6.07, 6.45) is 0. The van der Waals surface area contributed by atoms with Crippen molar-refractivity contribution >= 4 is 28.8 Å². The molecular weight excluding hydrogens is 294 g/mol. The lowest BCUT2D eigenvalue weighted by molar-refractivity contribution is 0.0911. The van der Waals surface area contributed by atoms with Crippen LogP contribution in [0.4, 0.5) is 0 Å². The second kappa shape index (κ2) is 5.91. The zero-order chi connectivity index (χ0) is 14.8. The van der Waals surface area contributed by atoms with Gasteiger partial charge in [0.2, 0.25) is 0 Å². The van der Waals surface area contributed by atoms with Gasteiger partial charge in [-0.05, 0) is 19.9 Å². The van der Waals surface area contributed by atoms with E-state index in [1.54, 1.807) is 11.4 Å². The molecule has 1 aromatic carbocycles. The second-order valence-corrected chi connectivity index (χ2v) is 6.33. The summed E-state index contributed by atoms with van der Waals surface area (Å²) >= 11 is 7.52. The Morgan fingerprint density at radius 2 is 2.15 bits per heavy atom. The molecule has 1 aromatic heterocycles. The van der Waals surface area contributed by atoms with Crippen LogP contribution in [0.15, 0.2) is 29.6 Å². The molecule has 1 amide bonds. The van der Waals surface area contributed by atoms with Crippen LogP contribution in [-0.4, -0.2) is 23.0 Å². The van der Waals surface area contributed by atoms with Crippen LogP contribution in [0.2, 0.25) is 5.02 Å². The average Bonchev–Trinajstić information content (AvgIpc) is 2.88. The number of hydrogen-bond acceptors (Lipinski definition) is 4. The second-order valence-electron chi connectivity index (χ2n) is 5.06. The number of rotatable bonds is 4. The van der Waals surface area contributed by atoms with Gasteiger partial charge >= 0.3 is 0 Å². The fraction of sp³-hybridized carbons (Fsp3) is 0.286. The molecule has 106 valence electrons. The molecule has 0 radical (unpaired) electrons. The van der Waals surface area contributed by atoms with E-state index in [1.165, 1.54) is 11.3 Å². The molecule has 6 heteroatoms. The van der Waals surface area contributed by atoms with Crippen molar-refractivity contribution in [3.63, 3.8) is 0 Å². The molecule has 0 bridgehead atoms. The molecule has 1 heterocycles. The van der Waals surface area contributed by atoms with Crippen molar-refractivity contribution < 1.29 is 4.79 Å². The molecule has 0 spiro atoms. The SMILES string of the molecule is CC(C)(CN)NC(=O)c1csc(-c2ccccc2Cl)n1. The molecular formula is C14H16ClN3OS. The van der Waals surface area contributed by atoms with Crippen LogP contribution in [0.1, 0.15) is 24.3 Å². The minimum absolute atomic E-state index is 0.227. The van der Waals surface area contributed by atoms with Gasteiger partial charge in [0.25, 0.3) is 5.91 Å². The highest BCUT2D eigenvalue weighted by Crippen LogP contribution is 2.30. The first-order valence-electron chi connectivity index (χ1n) is 6.16. The fourth-order valence-corrected chi connectivity index (χ4v) is 2.68. The number of carbonyl (C=O) groups is 1. The predicted octanol–water partition coefficient (Wildman–Crippen LogP) is 2.93. The van der Waals surface area contributed by atoms with Crippen LogP contribution in [0.5, 0.6) is 0 Å². The molecule has 3 N–H and O–H groups in total. The van der Waals surface area contributed by atoms with E-state index in [0.29, 0.717) is 17.3 Å². The van der Waals surface area contributed by atoms with Crippen molar-refractivity contribution in [2.75, 3.05) is 6.54 Å². The third-order valence-corrected chi connectivity index (χ3v) is 4.01. The number of benzene rings is 1. The quantitative estimate of drug-likeness (QED) is 0.912. The molecule has 0 saturated heterocycles. The standard InChI is InChI=1S/C14H16ClN3OS/c1-14(2,8-16)18-12(19)11-7-20-13(17-11)9-5-3-4-6-10(9)15/h3-7H,8,16H2,1-2H3,(H,18,19). The molecule has 0 unspecified atom stereocenters. The molecule has 0 fully saturated rings. The van der Waals surface area contributed by atoms with Crippen LogP contribution in [0, 0.1) is 0 Å². The zero-order valence-electron chi connectivity index (χ0n) is 11.3. The number of nitrogens with two attached hydrogens (primary N) is 1. The van der Waals surface area contributed by atoms with Crippen molar-refractivity contribution in [3.05, 3.63) is 40.4 Å². The average molecular weight is 310 g/mol. The molecule has 0 aliphatic carbocycles. The Morgan fingerprint density at radius 3 is 2.80 bits per heavy atom. The number of nitrogens with one attached hydrogen (secondary N) is 1. The summed E-state index contributed by atoms with van der Waals surface area (Å²) in [6.45, 7) is 4.10. The van der Waals surface area contributed by atoms with E-state index in [1.807, 2.05) is 32.0 Å². The molecule has 2 aromatic rings. The number of carbonyl (C=O) groups excluding carboxylic acids is 1. The minimum Gasteiger partial charge on any atom is -0.345 e. The number of nitrogens with zero attached hydrogens (tertiary/aromatic N) is 1. The van der Waals surface area contributed by atoms with Crippen molar-refractivity contribution in [2.24, 2.45) is 5.73 Å². The van der Waals surface area contributed by atoms with Gasteiger partial charge in [-0.25, -0.2) is 4.98 Å². The molecule has 4 nitrogen and oxygen atoms in total. The van der Waals surface area contributed by atoms with E-state index >= 15 is 0 Å². The monoisotopic (exact) mass is 309 g/mol. The lowest BCUT2D eigenvalue weighted by Crippen LogP contribution is -2.48. The lowest BCUT2D eigenvalue weighted by atomic mass is 10.1. The summed E-state index contributed by atoms with van der Waals surface area (Å²) in [7, 11) is 0. The Morgan fingerprint density at radius 1 is 1.45 bits per heavy atom. The van der Waals surface area contributed by atoms with E-state index in [0.717, 1.165) is 10.6 Å². The molecule has 0 aliphatic heterocycles. The van der Waals surface area contributed by atoms with Crippen LogP contribution in [-0.2, 0) is 0 Å². The number of thiazole rings is 1. The van der Waals surface area contributed by atoms with E-state index < -0.39 is 5.54 Å². The summed E-state index contributed by atoms with van der Waals surface area (Å²) in [5.41, 5.74) is 6.36. The third kappa shape index (κ3) is 3.36. The maximum atomic E-state index is 12.1. The number of aromatic nitrogens is 1. The smallest absolute Gasteiger partial charge is 0.271 e. The maximum Gasteiger partial charge on any atom is 0.271 e. The molecule has 0 aliphatic rings. The van der Waals surface area contributed by atoms with Gasteiger partial charge in [-0.1, -0.05) is 29.8 Å². The van der Waals surface area contributed by atoms with Crippen LogP contribution in [0.3, 0.4) is 0 Å². The largest absolute Gasteiger partial charge is 0.345 e.